The highest BCUT2D eigenvalue weighted by atomic mass is 79.9. The van der Waals surface area contributed by atoms with Crippen LogP contribution in [0.3, 0.4) is 0 Å². The molecule has 1 aliphatic heterocycles. The van der Waals surface area contributed by atoms with Gasteiger partial charge in [0.2, 0.25) is 6.79 Å². The van der Waals surface area contributed by atoms with Crippen molar-refractivity contribution < 1.29 is 18.1 Å². The number of halogens is 1. The normalized spacial score (nSPS) is 13.8. The molecule has 134 valence electrons. The Morgan fingerprint density at radius 2 is 1.59 bits per heavy atom. The van der Waals surface area contributed by atoms with Crippen molar-refractivity contribution in [2.45, 2.75) is 9.79 Å². The van der Waals surface area contributed by atoms with Crippen LogP contribution in [0.15, 0.2) is 85.4 Å². The van der Waals surface area contributed by atoms with Crippen molar-refractivity contribution in [3.05, 3.63) is 71.2 Å². The lowest BCUT2D eigenvalue weighted by Gasteiger charge is -2.05. The van der Waals surface area contributed by atoms with Gasteiger partial charge in [-0.2, -0.15) is 0 Å². The largest absolute Gasteiger partial charge is 0.455 e. The molecule has 0 bridgehead atoms. The van der Waals surface area contributed by atoms with E-state index in [-0.39, 0.29) is 6.79 Å². The van der Waals surface area contributed by atoms with Crippen LogP contribution >= 0.6 is 15.9 Å². The van der Waals surface area contributed by atoms with Crippen molar-refractivity contribution in [3.8, 4) is 22.8 Å². The molecule has 2 heterocycles. The SMILES string of the molecule is O=[S@](c1ccccc1)c1c(-c2ccc(Br)cc2)oc2cc3c(cc12)OCO3. The molecule has 6 heteroatoms. The molecule has 0 radical (unpaired) electrons. The average molecular weight is 441 g/mol. The smallest absolute Gasteiger partial charge is 0.231 e. The number of fused-ring (bicyclic) bond motifs is 2. The highest BCUT2D eigenvalue weighted by Gasteiger charge is 2.25. The lowest BCUT2D eigenvalue weighted by atomic mass is 10.1. The standard InChI is InChI=1S/C21H13BrO4S/c22-14-8-6-13(7-9-14)20-21(27(23)15-4-2-1-3-5-15)16-10-18-19(25-12-24-18)11-17(16)26-20/h1-11H,12H2/t27-/m1/s1. The van der Waals surface area contributed by atoms with Gasteiger partial charge in [-0.05, 0) is 30.3 Å². The summed E-state index contributed by atoms with van der Waals surface area (Å²) in [6.07, 6.45) is 0. The van der Waals surface area contributed by atoms with Crippen LogP contribution in [0.4, 0.5) is 0 Å². The van der Waals surface area contributed by atoms with Crippen molar-refractivity contribution in [2.24, 2.45) is 0 Å². The Balaban J connectivity index is 1.78. The second-order valence-electron chi connectivity index (χ2n) is 6.05. The molecule has 0 N–H and O–H groups in total. The van der Waals surface area contributed by atoms with Gasteiger partial charge in [0.15, 0.2) is 17.3 Å². The maximum absolute atomic E-state index is 13.5. The van der Waals surface area contributed by atoms with Gasteiger partial charge in [0.05, 0.1) is 15.7 Å². The van der Waals surface area contributed by atoms with Gasteiger partial charge in [-0.25, -0.2) is 4.21 Å². The Kier molecular flexibility index (Phi) is 4.02. The molecule has 0 spiro atoms. The molecule has 1 aliphatic rings. The van der Waals surface area contributed by atoms with Gasteiger partial charge in [-0.1, -0.05) is 46.3 Å². The second kappa shape index (κ2) is 6.55. The minimum atomic E-state index is -1.41. The van der Waals surface area contributed by atoms with E-state index in [4.69, 9.17) is 13.9 Å². The van der Waals surface area contributed by atoms with Crippen molar-refractivity contribution in [1.82, 2.24) is 0 Å². The molecule has 0 saturated carbocycles. The molecule has 0 fully saturated rings. The van der Waals surface area contributed by atoms with E-state index < -0.39 is 10.8 Å². The molecule has 0 saturated heterocycles. The Hall–Kier alpha value is -2.57. The first-order valence-corrected chi connectivity index (χ1v) is 10.2. The monoisotopic (exact) mass is 440 g/mol. The zero-order chi connectivity index (χ0) is 18.4. The summed E-state index contributed by atoms with van der Waals surface area (Å²) in [5, 5.41) is 0.763. The topological polar surface area (TPSA) is 48.7 Å². The highest BCUT2D eigenvalue weighted by molar-refractivity contribution is 9.10. The second-order valence-corrected chi connectivity index (χ2v) is 8.38. The molecule has 0 unspecified atom stereocenters. The molecule has 0 amide bonds. The first-order chi connectivity index (χ1) is 13.2. The van der Waals surface area contributed by atoms with Gasteiger partial charge < -0.3 is 13.9 Å². The number of ether oxygens (including phenoxy) is 2. The third-order valence-corrected chi connectivity index (χ3v) is 6.39. The lowest BCUT2D eigenvalue weighted by Crippen LogP contribution is -1.94. The van der Waals surface area contributed by atoms with Crippen LogP contribution in [-0.4, -0.2) is 11.0 Å². The van der Waals surface area contributed by atoms with Gasteiger partial charge in [0.25, 0.3) is 0 Å². The highest BCUT2D eigenvalue weighted by Crippen LogP contribution is 2.44. The van der Waals surface area contributed by atoms with Gasteiger partial charge >= 0.3 is 0 Å². The van der Waals surface area contributed by atoms with E-state index in [0.717, 1.165) is 20.3 Å². The molecule has 0 aliphatic carbocycles. The number of hydrogen-bond donors (Lipinski definition) is 0. The van der Waals surface area contributed by atoms with Gasteiger partial charge in [0, 0.05) is 26.4 Å². The van der Waals surface area contributed by atoms with E-state index in [9.17, 15) is 4.21 Å². The third-order valence-electron chi connectivity index (χ3n) is 4.39. The zero-order valence-electron chi connectivity index (χ0n) is 14.0. The van der Waals surface area contributed by atoms with Crippen molar-refractivity contribution >= 4 is 37.7 Å². The van der Waals surface area contributed by atoms with Gasteiger partial charge in [-0.3, -0.25) is 0 Å². The molecule has 4 nitrogen and oxygen atoms in total. The van der Waals surface area contributed by atoms with Crippen LogP contribution < -0.4 is 9.47 Å². The summed E-state index contributed by atoms with van der Waals surface area (Å²) in [4.78, 5) is 1.35. The summed E-state index contributed by atoms with van der Waals surface area (Å²) in [5.41, 5.74) is 1.48. The van der Waals surface area contributed by atoms with E-state index in [0.29, 0.717) is 27.7 Å². The molecule has 1 atom stereocenters. The fourth-order valence-electron chi connectivity index (χ4n) is 3.10. The quantitative estimate of drug-likeness (QED) is 0.406. The van der Waals surface area contributed by atoms with Crippen molar-refractivity contribution in [1.29, 1.82) is 0 Å². The van der Waals surface area contributed by atoms with Gasteiger partial charge in [-0.15, -0.1) is 0 Å². The van der Waals surface area contributed by atoms with E-state index in [1.807, 2.05) is 60.7 Å². The summed E-state index contributed by atoms with van der Waals surface area (Å²) < 4.78 is 31.5. The minimum absolute atomic E-state index is 0.179. The molecule has 3 aromatic carbocycles. The maximum atomic E-state index is 13.5. The van der Waals surface area contributed by atoms with Crippen LogP contribution in [0.2, 0.25) is 0 Å². The van der Waals surface area contributed by atoms with E-state index >= 15 is 0 Å². The van der Waals surface area contributed by atoms with Crippen LogP contribution in [-0.2, 0) is 10.8 Å². The summed E-state index contributed by atoms with van der Waals surface area (Å²) in [7, 11) is -1.41. The number of furan rings is 1. The summed E-state index contributed by atoms with van der Waals surface area (Å²) in [5.74, 6) is 1.86. The van der Waals surface area contributed by atoms with Crippen LogP contribution in [0, 0.1) is 0 Å². The third kappa shape index (κ3) is 2.85. The zero-order valence-corrected chi connectivity index (χ0v) is 16.4. The fraction of sp³-hybridized carbons (Fsp3) is 0.0476. The molecular weight excluding hydrogens is 428 g/mol. The first-order valence-electron chi connectivity index (χ1n) is 8.29. The maximum Gasteiger partial charge on any atom is 0.231 e. The Morgan fingerprint density at radius 3 is 2.33 bits per heavy atom. The van der Waals surface area contributed by atoms with Crippen LogP contribution in [0.1, 0.15) is 0 Å². The molecule has 1 aromatic heterocycles. The summed E-state index contributed by atoms with van der Waals surface area (Å²) in [6, 6.07) is 20.8. The Morgan fingerprint density at radius 1 is 0.889 bits per heavy atom. The van der Waals surface area contributed by atoms with E-state index in [1.54, 1.807) is 6.07 Å². The summed E-state index contributed by atoms with van der Waals surface area (Å²) in [6.45, 7) is 0.179. The molecule has 4 aromatic rings. The first kappa shape index (κ1) is 16.6. The number of hydrogen-bond acceptors (Lipinski definition) is 4. The average Bonchev–Trinajstić information content (AvgIpc) is 3.30. The predicted octanol–water partition coefficient (Wildman–Crippen LogP) is 5.76. The van der Waals surface area contributed by atoms with Crippen molar-refractivity contribution in [3.63, 3.8) is 0 Å². The molecule has 5 rings (SSSR count). The Bertz CT molecular complexity index is 1170. The van der Waals surface area contributed by atoms with Crippen LogP contribution in [0.25, 0.3) is 22.3 Å². The number of rotatable bonds is 3. The van der Waals surface area contributed by atoms with E-state index in [1.165, 1.54) is 0 Å². The fourth-order valence-corrected chi connectivity index (χ4v) is 4.69. The van der Waals surface area contributed by atoms with E-state index in [2.05, 4.69) is 15.9 Å². The molecular formula is C21H13BrO4S. The summed E-state index contributed by atoms with van der Waals surface area (Å²) >= 11 is 3.45. The lowest BCUT2D eigenvalue weighted by molar-refractivity contribution is 0.174. The van der Waals surface area contributed by atoms with Crippen LogP contribution in [0.5, 0.6) is 11.5 Å². The predicted molar refractivity (Wildman–Crippen MR) is 107 cm³/mol. The van der Waals surface area contributed by atoms with Crippen molar-refractivity contribution in [2.75, 3.05) is 6.79 Å². The van der Waals surface area contributed by atoms with Gasteiger partial charge in [0.1, 0.15) is 5.58 Å². The Labute approximate surface area is 166 Å². The number of benzene rings is 3. The minimum Gasteiger partial charge on any atom is -0.455 e. The molecule has 27 heavy (non-hydrogen) atoms.